The molecule has 0 aromatic heterocycles. The maximum absolute atomic E-state index is 12.8. The van der Waals surface area contributed by atoms with Crippen LogP contribution in [0.2, 0.25) is 0 Å². The fraction of sp³-hybridized carbons (Fsp3) is 0.696. The smallest absolute Gasteiger partial charge is 0.303 e. The topological polar surface area (TPSA) is 80.7 Å². The number of carbonyl (C=O) groups excluding carboxylic acids is 3. The molecule has 0 unspecified atom stereocenters. The van der Waals surface area contributed by atoms with Gasteiger partial charge in [0.1, 0.15) is 0 Å². The number of ketones is 2. The number of Topliss-reactive ketones (excluding diaryl/α,β-unsaturated/α-hetero) is 1. The zero-order chi connectivity index (χ0) is 20.3. The zero-order valence-electron chi connectivity index (χ0n) is 17.0. The summed E-state index contributed by atoms with van der Waals surface area (Å²) in [6.45, 7) is 5.19. The van der Waals surface area contributed by atoms with Crippen LogP contribution in [0.25, 0.3) is 0 Å². The molecule has 0 saturated heterocycles. The molecule has 5 nitrogen and oxygen atoms in total. The molecule has 5 heteroatoms. The largest absolute Gasteiger partial charge is 0.458 e. The van der Waals surface area contributed by atoms with Crippen molar-refractivity contribution >= 4 is 17.5 Å². The van der Waals surface area contributed by atoms with Gasteiger partial charge in [-0.15, -0.1) is 0 Å². The van der Waals surface area contributed by atoms with E-state index < -0.39 is 22.8 Å². The summed E-state index contributed by atoms with van der Waals surface area (Å²) in [5, 5.41) is 11.4. The van der Waals surface area contributed by atoms with Crippen LogP contribution < -0.4 is 0 Å². The molecule has 2 saturated carbocycles. The highest BCUT2D eigenvalue weighted by molar-refractivity contribution is 5.93. The van der Waals surface area contributed by atoms with Crippen molar-refractivity contribution in [1.29, 1.82) is 0 Å². The first kappa shape index (κ1) is 19.6. The number of rotatable bonds is 3. The molecule has 0 spiro atoms. The number of aliphatic hydroxyl groups is 1. The highest BCUT2D eigenvalue weighted by Crippen LogP contribution is 2.65. The molecule has 0 aromatic carbocycles. The van der Waals surface area contributed by atoms with Gasteiger partial charge in [0, 0.05) is 18.8 Å². The Morgan fingerprint density at radius 3 is 2.68 bits per heavy atom. The maximum atomic E-state index is 12.8. The lowest BCUT2D eigenvalue weighted by Gasteiger charge is -2.58. The second-order valence-corrected chi connectivity index (χ2v) is 9.67. The van der Waals surface area contributed by atoms with Gasteiger partial charge in [-0.25, -0.2) is 0 Å². The van der Waals surface area contributed by atoms with Gasteiger partial charge in [0.25, 0.3) is 0 Å². The molecule has 1 N–H and O–H groups in total. The molecule has 0 aromatic rings. The van der Waals surface area contributed by atoms with E-state index in [0.717, 1.165) is 32.1 Å². The normalized spacial score (nSPS) is 44.2. The summed E-state index contributed by atoms with van der Waals surface area (Å²) >= 11 is 0. The number of hydrogen-bond acceptors (Lipinski definition) is 5. The molecule has 0 heterocycles. The molecule has 0 radical (unpaired) electrons. The van der Waals surface area contributed by atoms with Crippen LogP contribution in [-0.4, -0.2) is 34.9 Å². The Balaban J connectivity index is 1.61. The Kier molecular flexibility index (Phi) is 4.46. The van der Waals surface area contributed by atoms with Crippen molar-refractivity contribution in [2.24, 2.45) is 28.6 Å². The van der Waals surface area contributed by atoms with Gasteiger partial charge < -0.3 is 9.84 Å². The molecule has 28 heavy (non-hydrogen) atoms. The molecule has 4 aliphatic rings. The summed E-state index contributed by atoms with van der Waals surface area (Å²) in [5.41, 5.74) is -0.809. The van der Waals surface area contributed by atoms with Gasteiger partial charge in [-0.2, -0.15) is 0 Å². The van der Waals surface area contributed by atoms with E-state index in [-0.39, 0.29) is 23.7 Å². The van der Waals surface area contributed by atoms with Gasteiger partial charge in [0.2, 0.25) is 5.78 Å². The van der Waals surface area contributed by atoms with E-state index >= 15 is 0 Å². The summed E-state index contributed by atoms with van der Waals surface area (Å²) < 4.78 is 4.89. The first-order valence-corrected chi connectivity index (χ1v) is 10.4. The fourth-order valence-corrected chi connectivity index (χ4v) is 6.73. The molecule has 4 aliphatic carbocycles. The van der Waals surface area contributed by atoms with Crippen LogP contribution in [0.4, 0.5) is 0 Å². The summed E-state index contributed by atoms with van der Waals surface area (Å²) in [4.78, 5) is 35.8. The number of ether oxygens (including phenoxy) is 1. The van der Waals surface area contributed by atoms with Crippen molar-refractivity contribution in [3.8, 4) is 0 Å². The van der Waals surface area contributed by atoms with Crippen LogP contribution in [0.1, 0.15) is 59.3 Å². The van der Waals surface area contributed by atoms with Gasteiger partial charge in [-0.05, 0) is 67.4 Å². The number of fused-ring (bicyclic) bond motifs is 5. The SMILES string of the molecule is CC(=O)OCC(=O)[C@@]1(O)C=C[C@H]2[C@@H]3CCC4=CC(=O)CC[C@]4(C)[C@H]3CC[C@@]21C. The highest BCUT2D eigenvalue weighted by atomic mass is 16.5. The van der Waals surface area contributed by atoms with E-state index in [9.17, 15) is 19.5 Å². The Morgan fingerprint density at radius 2 is 1.96 bits per heavy atom. The lowest BCUT2D eigenvalue weighted by atomic mass is 9.46. The maximum Gasteiger partial charge on any atom is 0.303 e. The van der Waals surface area contributed by atoms with Crippen molar-refractivity contribution in [3.05, 3.63) is 23.8 Å². The summed E-state index contributed by atoms with van der Waals surface area (Å²) in [7, 11) is 0. The first-order valence-electron chi connectivity index (χ1n) is 10.4. The van der Waals surface area contributed by atoms with Gasteiger partial charge in [0.05, 0.1) is 0 Å². The van der Waals surface area contributed by atoms with E-state index in [0.29, 0.717) is 18.3 Å². The van der Waals surface area contributed by atoms with Crippen molar-refractivity contribution in [2.45, 2.75) is 64.9 Å². The first-order chi connectivity index (χ1) is 13.1. The average molecular weight is 386 g/mol. The minimum atomic E-state index is -1.59. The minimum absolute atomic E-state index is 0.0501. The van der Waals surface area contributed by atoms with Crippen LogP contribution in [0.15, 0.2) is 23.8 Å². The Morgan fingerprint density at radius 1 is 1.21 bits per heavy atom. The van der Waals surface area contributed by atoms with E-state index in [4.69, 9.17) is 4.74 Å². The van der Waals surface area contributed by atoms with Crippen molar-refractivity contribution in [2.75, 3.05) is 6.61 Å². The fourth-order valence-electron chi connectivity index (χ4n) is 6.73. The Bertz CT molecular complexity index is 795. The predicted molar refractivity (Wildman–Crippen MR) is 103 cm³/mol. The third-order valence-corrected chi connectivity index (χ3v) is 8.46. The van der Waals surface area contributed by atoms with E-state index in [1.807, 2.05) is 19.1 Å². The number of esters is 1. The van der Waals surface area contributed by atoms with Crippen molar-refractivity contribution < 1.29 is 24.2 Å². The Labute approximate surface area is 166 Å². The quantitative estimate of drug-likeness (QED) is 0.595. The van der Waals surface area contributed by atoms with Crippen LogP contribution in [-0.2, 0) is 19.1 Å². The van der Waals surface area contributed by atoms with Gasteiger partial charge in [-0.3, -0.25) is 14.4 Å². The molecule has 0 bridgehead atoms. The standard InChI is InChI=1S/C23H30O5/c1-14(24)28-13-20(26)23(27)11-8-19-17-5-4-15-12-16(25)6-9-21(15,2)18(17)7-10-22(19,23)3/h8,11-12,17-19,27H,4-7,9-10,13H2,1-3H3/t17-,18+,19+,21+,22+,23+/m1/s1. The summed E-state index contributed by atoms with van der Waals surface area (Å²) in [6.07, 6.45) is 10.7. The third kappa shape index (κ3) is 2.58. The van der Waals surface area contributed by atoms with E-state index in [1.54, 1.807) is 6.08 Å². The monoisotopic (exact) mass is 386 g/mol. The van der Waals surface area contributed by atoms with Crippen LogP contribution >= 0.6 is 0 Å². The zero-order valence-corrected chi connectivity index (χ0v) is 17.0. The molecule has 4 rings (SSSR count). The second kappa shape index (κ2) is 6.38. The molecular weight excluding hydrogens is 356 g/mol. The highest BCUT2D eigenvalue weighted by Gasteiger charge is 2.64. The molecule has 0 amide bonds. The second-order valence-electron chi connectivity index (χ2n) is 9.67. The molecule has 2 fully saturated rings. The molecule has 0 aliphatic heterocycles. The van der Waals surface area contributed by atoms with E-state index in [2.05, 4.69) is 6.92 Å². The summed E-state index contributed by atoms with van der Waals surface area (Å²) in [6, 6.07) is 0. The lowest BCUT2D eigenvalue weighted by Crippen LogP contribution is -2.58. The summed E-state index contributed by atoms with van der Waals surface area (Å²) in [5.74, 6) is 0.269. The van der Waals surface area contributed by atoms with Crippen LogP contribution in [0, 0.1) is 28.6 Å². The van der Waals surface area contributed by atoms with Crippen molar-refractivity contribution in [1.82, 2.24) is 0 Å². The van der Waals surface area contributed by atoms with Crippen LogP contribution in [0.3, 0.4) is 0 Å². The number of allylic oxidation sites excluding steroid dienone is 3. The number of carbonyl (C=O) groups is 3. The minimum Gasteiger partial charge on any atom is -0.458 e. The van der Waals surface area contributed by atoms with Gasteiger partial charge in [0.15, 0.2) is 18.0 Å². The van der Waals surface area contributed by atoms with E-state index in [1.165, 1.54) is 12.5 Å². The van der Waals surface area contributed by atoms with Crippen molar-refractivity contribution in [3.63, 3.8) is 0 Å². The Hall–Kier alpha value is -1.75. The third-order valence-electron chi connectivity index (χ3n) is 8.46. The lowest BCUT2D eigenvalue weighted by molar-refractivity contribution is -0.164. The average Bonchev–Trinajstić information content (AvgIpc) is 2.92. The van der Waals surface area contributed by atoms with Gasteiger partial charge >= 0.3 is 5.97 Å². The predicted octanol–water partition coefficient (Wildman–Crippen LogP) is 3.16. The van der Waals surface area contributed by atoms with Gasteiger partial charge in [-0.1, -0.05) is 25.5 Å². The molecule has 152 valence electrons. The van der Waals surface area contributed by atoms with Crippen LogP contribution in [0.5, 0.6) is 0 Å². The molecular formula is C23H30O5. The molecule has 6 atom stereocenters. The number of hydrogen-bond donors (Lipinski definition) is 1.